The molecule has 8 amide bonds. The number of unbranched alkanes of at least 4 members (excludes halogenated alkanes) is 3. The van der Waals surface area contributed by atoms with Gasteiger partial charge in [0.25, 0.3) is 0 Å². The van der Waals surface area contributed by atoms with Gasteiger partial charge in [-0.1, -0.05) is 20.3 Å². The standard InChI is InChI=1S/C39H70N12O14/c1-21(2)17-28(39(64)65)51-37(62)25(12-13-31(54)55)48-36(61)24(11-5-8-16-42)47-35(60)23(10-4-7-15-41)46-30(53)20-45-34(59)27(19-32(56)57)50-38(63)26(18-29(44)52)49-33(58)22(43)9-3-6-14-40/h21-28H,3-20,40-43H2,1-2H3,(H2,44,52)(H,45,59)(H,46,53)(H,47,60)(H,48,61)(H,49,58)(H,50,63)(H,51,62)(H,54,55)(H,56,57)(H,64,65)/t22-,23-,24-,25-,26-,27-,28-/m0/s1. The molecule has 0 rings (SSSR count). The van der Waals surface area contributed by atoms with E-state index in [1.807, 2.05) is 0 Å². The van der Waals surface area contributed by atoms with Crippen molar-refractivity contribution in [2.24, 2.45) is 34.6 Å². The van der Waals surface area contributed by atoms with Crippen LogP contribution in [-0.4, -0.2) is 149 Å². The van der Waals surface area contributed by atoms with Gasteiger partial charge in [-0.05, 0) is 89.8 Å². The molecule has 370 valence electrons. The average Bonchev–Trinajstić information content (AvgIpc) is 3.21. The number of nitrogens with one attached hydrogen (secondary N) is 7. The van der Waals surface area contributed by atoms with Gasteiger partial charge in [0, 0.05) is 6.42 Å². The highest BCUT2D eigenvalue weighted by molar-refractivity contribution is 5.98. The molecular formula is C39H70N12O14. The van der Waals surface area contributed by atoms with Crippen LogP contribution in [-0.2, 0) is 52.7 Å². The molecule has 0 aliphatic carbocycles. The number of amides is 8. The van der Waals surface area contributed by atoms with E-state index in [2.05, 4.69) is 37.2 Å². The Kier molecular flexibility index (Phi) is 29.6. The number of carboxylic acid groups (broad SMARTS) is 3. The van der Waals surface area contributed by atoms with Crippen LogP contribution in [0.1, 0.15) is 104 Å². The second-order valence-electron chi connectivity index (χ2n) is 15.8. The number of hydrogen-bond acceptors (Lipinski definition) is 15. The van der Waals surface area contributed by atoms with Gasteiger partial charge >= 0.3 is 17.9 Å². The Hall–Kier alpha value is -5.99. The Labute approximate surface area is 376 Å². The first-order chi connectivity index (χ1) is 30.6. The summed E-state index contributed by atoms with van der Waals surface area (Å²) in [6.07, 6.45) is -0.178. The summed E-state index contributed by atoms with van der Waals surface area (Å²) < 4.78 is 0. The molecule has 0 radical (unpaired) electrons. The van der Waals surface area contributed by atoms with E-state index in [-0.39, 0.29) is 51.1 Å². The summed E-state index contributed by atoms with van der Waals surface area (Å²) in [5, 5.41) is 44.6. The first-order valence-electron chi connectivity index (χ1n) is 21.5. The summed E-state index contributed by atoms with van der Waals surface area (Å²) in [4.78, 5) is 139. The number of primary amides is 1. The Morgan fingerprint density at radius 3 is 1.34 bits per heavy atom. The lowest BCUT2D eigenvalue weighted by molar-refractivity contribution is -0.143. The van der Waals surface area contributed by atoms with Gasteiger partial charge < -0.3 is 81.2 Å². The van der Waals surface area contributed by atoms with E-state index in [1.54, 1.807) is 13.8 Å². The van der Waals surface area contributed by atoms with Crippen molar-refractivity contribution in [3.8, 4) is 0 Å². The van der Waals surface area contributed by atoms with Crippen molar-refractivity contribution in [1.82, 2.24) is 37.2 Å². The fourth-order valence-corrected chi connectivity index (χ4v) is 6.09. The summed E-state index contributed by atoms with van der Waals surface area (Å²) in [5.41, 5.74) is 27.8. The van der Waals surface area contributed by atoms with Gasteiger partial charge in [0.05, 0.1) is 25.4 Å². The molecule has 0 aromatic carbocycles. The Morgan fingerprint density at radius 1 is 0.477 bits per heavy atom. The van der Waals surface area contributed by atoms with Crippen molar-refractivity contribution in [3.05, 3.63) is 0 Å². The van der Waals surface area contributed by atoms with E-state index in [0.717, 1.165) is 0 Å². The zero-order valence-corrected chi connectivity index (χ0v) is 37.1. The molecule has 7 atom stereocenters. The second-order valence-corrected chi connectivity index (χ2v) is 15.8. The summed E-state index contributed by atoms with van der Waals surface area (Å²) in [6.45, 7) is 3.37. The third-order valence-electron chi connectivity index (χ3n) is 9.56. The summed E-state index contributed by atoms with van der Waals surface area (Å²) >= 11 is 0. The lowest BCUT2D eigenvalue weighted by Gasteiger charge is -2.26. The van der Waals surface area contributed by atoms with Crippen molar-refractivity contribution >= 4 is 65.2 Å². The van der Waals surface area contributed by atoms with Gasteiger partial charge in [-0.25, -0.2) is 4.79 Å². The van der Waals surface area contributed by atoms with Gasteiger partial charge in [0.1, 0.15) is 36.3 Å². The molecule has 0 fully saturated rings. The highest BCUT2D eigenvalue weighted by atomic mass is 16.4. The predicted molar refractivity (Wildman–Crippen MR) is 231 cm³/mol. The first kappa shape index (κ1) is 59.0. The van der Waals surface area contributed by atoms with Crippen LogP contribution >= 0.6 is 0 Å². The van der Waals surface area contributed by atoms with Crippen LogP contribution in [0.15, 0.2) is 0 Å². The highest BCUT2D eigenvalue weighted by Gasteiger charge is 2.33. The van der Waals surface area contributed by atoms with Gasteiger partial charge in [-0.3, -0.25) is 47.9 Å². The fourth-order valence-electron chi connectivity index (χ4n) is 6.09. The quantitative estimate of drug-likeness (QED) is 0.0262. The number of carbonyl (C=O) groups excluding carboxylic acids is 8. The van der Waals surface area contributed by atoms with Gasteiger partial charge in [-0.2, -0.15) is 0 Å². The lowest BCUT2D eigenvalue weighted by Crippen LogP contribution is -2.58. The van der Waals surface area contributed by atoms with Crippen LogP contribution in [0.2, 0.25) is 0 Å². The minimum absolute atomic E-state index is 0.0305. The van der Waals surface area contributed by atoms with Crippen LogP contribution in [0.4, 0.5) is 0 Å². The number of carboxylic acids is 3. The SMILES string of the molecule is CC(C)C[C@H](NC(=O)[C@H](CCC(=O)O)NC(=O)[C@H](CCCCN)NC(=O)[C@H](CCCCN)NC(=O)CNC(=O)[C@H](CC(=O)O)NC(=O)[C@H](CC(N)=O)NC(=O)[C@@H](N)CCCCN)C(=O)O. The monoisotopic (exact) mass is 931 g/mol. The normalized spacial score (nSPS) is 14.2. The van der Waals surface area contributed by atoms with Crippen molar-refractivity contribution in [3.63, 3.8) is 0 Å². The maximum atomic E-state index is 13.7. The van der Waals surface area contributed by atoms with E-state index >= 15 is 0 Å². The van der Waals surface area contributed by atoms with Crippen molar-refractivity contribution in [1.29, 1.82) is 0 Å². The molecule has 0 spiro atoms. The maximum Gasteiger partial charge on any atom is 0.326 e. The van der Waals surface area contributed by atoms with Crippen molar-refractivity contribution < 1.29 is 68.1 Å². The van der Waals surface area contributed by atoms with E-state index in [0.29, 0.717) is 38.6 Å². The zero-order chi connectivity index (χ0) is 49.6. The molecular weight excluding hydrogens is 860 g/mol. The van der Waals surface area contributed by atoms with Crippen LogP contribution in [0, 0.1) is 5.92 Å². The van der Waals surface area contributed by atoms with E-state index in [1.165, 1.54) is 0 Å². The van der Waals surface area contributed by atoms with Gasteiger partial charge in [0.15, 0.2) is 0 Å². The number of rotatable bonds is 36. The first-order valence-corrected chi connectivity index (χ1v) is 21.5. The molecule has 0 heterocycles. The smallest absolute Gasteiger partial charge is 0.326 e. The number of nitrogens with two attached hydrogens (primary N) is 5. The second kappa shape index (κ2) is 32.6. The molecule has 0 unspecified atom stereocenters. The Balaban J connectivity index is 6.19. The molecule has 0 aromatic heterocycles. The third-order valence-corrected chi connectivity index (χ3v) is 9.56. The maximum absolute atomic E-state index is 13.7. The molecule has 65 heavy (non-hydrogen) atoms. The number of hydrogen-bond donors (Lipinski definition) is 15. The molecule has 0 saturated heterocycles. The molecule has 20 N–H and O–H groups in total. The lowest BCUT2D eigenvalue weighted by atomic mass is 10.0. The van der Waals surface area contributed by atoms with Gasteiger partial charge in [-0.15, -0.1) is 0 Å². The molecule has 0 saturated carbocycles. The third kappa shape index (κ3) is 26.4. The van der Waals surface area contributed by atoms with Crippen LogP contribution in [0.25, 0.3) is 0 Å². The molecule has 0 aliphatic rings. The minimum atomic E-state index is -1.85. The predicted octanol–water partition coefficient (Wildman–Crippen LogP) is -4.93. The molecule has 26 heteroatoms. The summed E-state index contributed by atoms with van der Waals surface area (Å²) in [7, 11) is 0. The van der Waals surface area contributed by atoms with Crippen LogP contribution in [0.3, 0.4) is 0 Å². The van der Waals surface area contributed by atoms with E-state index in [4.69, 9.17) is 28.7 Å². The largest absolute Gasteiger partial charge is 0.481 e. The average molecular weight is 931 g/mol. The number of carbonyl (C=O) groups is 11. The molecule has 26 nitrogen and oxygen atoms in total. The Bertz CT molecular complexity index is 1620. The molecule has 0 aromatic rings. The van der Waals surface area contributed by atoms with Crippen molar-refractivity contribution in [2.75, 3.05) is 26.2 Å². The van der Waals surface area contributed by atoms with Crippen LogP contribution in [0.5, 0.6) is 0 Å². The Morgan fingerprint density at radius 2 is 0.892 bits per heavy atom. The summed E-state index contributed by atoms with van der Waals surface area (Å²) in [5.74, 6) is -12.3. The van der Waals surface area contributed by atoms with E-state index in [9.17, 15) is 68.1 Å². The van der Waals surface area contributed by atoms with Crippen molar-refractivity contribution in [2.45, 2.75) is 146 Å². The summed E-state index contributed by atoms with van der Waals surface area (Å²) in [6, 6.07) is -10.2. The van der Waals surface area contributed by atoms with Crippen LogP contribution < -0.4 is 65.9 Å². The molecule has 0 bridgehead atoms. The highest BCUT2D eigenvalue weighted by Crippen LogP contribution is 2.10. The minimum Gasteiger partial charge on any atom is -0.481 e. The number of aliphatic carboxylic acids is 3. The topological polar surface area (TPSA) is 463 Å². The molecule has 0 aliphatic heterocycles. The van der Waals surface area contributed by atoms with E-state index < -0.39 is 140 Å². The zero-order valence-electron chi connectivity index (χ0n) is 37.1. The van der Waals surface area contributed by atoms with Gasteiger partial charge in [0.2, 0.25) is 47.3 Å². The fraction of sp³-hybridized carbons (Fsp3) is 0.718.